The number of likely N-dealkylation sites (tertiary alicyclic amines) is 1. The summed E-state index contributed by atoms with van der Waals surface area (Å²) in [5, 5.41) is 9.19. The fourth-order valence-electron chi connectivity index (χ4n) is 2.82. The highest BCUT2D eigenvalue weighted by Gasteiger charge is 2.09. The Hall–Kier alpha value is -1.98. The van der Waals surface area contributed by atoms with Gasteiger partial charge in [0.15, 0.2) is 11.6 Å². The number of benzene rings is 1. The molecule has 1 fully saturated rings. The minimum Gasteiger partial charge on any atom is -0.489 e. The Labute approximate surface area is 137 Å². The lowest BCUT2D eigenvalue weighted by Gasteiger charge is -2.26. The summed E-state index contributed by atoms with van der Waals surface area (Å²) in [6.07, 6.45) is 7.37. The first-order valence-electron chi connectivity index (χ1n) is 8.22. The second-order valence-electron chi connectivity index (χ2n) is 5.85. The second kappa shape index (κ2) is 8.04. The van der Waals surface area contributed by atoms with Gasteiger partial charge >= 0.3 is 0 Å². The van der Waals surface area contributed by atoms with Crippen molar-refractivity contribution in [2.45, 2.75) is 25.9 Å². The highest BCUT2D eigenvalue weighted by atomic mass is 16.5. The maximum Gasteiger partial charge on any atom is 0.159 e. The van der Waals surface area contributed by atoms with Gasteiger partial charge in [-0.3, -0.25) is 4.90 Å². The lowest BCUT2D eigenvalue weighted by atomic mass is 10.1. The largest absolute Gasteiger partial charge is 0.489 e. The number of hydrogen-bond donors (Lipinski definition) is 1. The number of rotatable bonds is 6. The smallest absolute Gasteiger partial charge is 0.159 e. The standard InChI is InChI=1S/C18H23N3O2/c22-14-15-5-4-6-16(11-15)18-19-12-17(13-20-18)23-10-9-21-7-2-1-3-8-21/h4-6,11-13,22H,1-3,7-10,14H2. The molecule has 5 heteroatoms. The number of piperidine rings is 1. The van der Waals surface area contributed by atoms with E-state index >= 15 is 0 Å². The molecule has 1 aliphatic rings. The topological polar surface area (TPSA) is 58.5 Å². The normalized spacial score (nSPS) is 15.5. The van der Waals surface area contributed by atoms with Crippen LogP contribution < -0.4 is 4.74 Å². The average molecular weight is 313 g/mol. The molecule has 1 saturated heterocycles. The van der Waals surface area contributed by atoms with E-state index in [1.54, 1.807) is 12.4 Å². The van der Waals surface area contributed by atoms with Crippen LogP contribution in [-0.2, 0) is 6.61 Å². The Bertz CT molecular complexity index is 610. The van der Waals surface area contributed by atoms with E-state index in [-0.39, 0.29) is 6.61 Å². The maximum absolute atomic E-state index is 9.19. The van der Waals surface area contributed by atoms with Crippen LogP contribution in [0.3, 0.4) is 0 Å². The third-order valence-electron chi connectivity index (χ3n) is 4.12. The first kappa shape index (κ1) is 15.9. The lowest BCUT2D eigenvalue weighted by Crippen LogP contribution is -2.33. The molecule has 0 radical (unpaired) electrons. The third-order valence-corrected chi connectivity index (χ3v) is 4.12. The molecule has 0 unspecified atom stereocenters. The van der Waals surface area contributed by atoms with Gasteiger partial charge in [0.05, 0.1) is 19.0 Å². The first-order chi connectivity index (χ1) is 11.3. The monoisotopic (exact) mass is 313 g/mol. The van der Waals surface area contributed by atoms with E-state index in [0.29, 0.717) is 18.2 Å². The number of aliphatic hydroxyl groups is 1. The summed E-state index contributed by atoms with van der Waals surface area (Å²) < 4.78 is 5.74. The van der Waals surface area contributed by atoms with E-state index < -0.39 is 0 Å². The first-order valence-corrected chi connectivity index (χ1v) is 8.22. The zero-order valence-corrected chi connectivity index (χ0v) is 13.3. The molecule has 0 aliphatic carbocycles. The van der Waals surface area contributed by atoms with Crippen LogP contribution in [0.4, 0.5) is 0 Å². The van der Waals surface area contributed by atoms with E-state index in [0.717, 1.165) is 17.7 Å². The van der Waals surface area contributed by atoms with Crippen LogP contribution in [0.1, 0.15) is 24.8 Å². The Balaban J connectivity index is 1.54. The molecule has 23 heavy (non-hydrogen) atoms. The summed E-state index contributed by atoms with van der Waals surface area (Å²) in [5.41, 5.74) is 1.75. The number of ether oxygens (including phenoxy) is 1. The molecular formula is C18H23N3O2. The Morgan fingerprint density at radius 2 is 1.87 bits per heavy atom. The molecule has 2 heterocycles. The Morgan fingerprint density at radius 1 is 1.09 bits per heavy atom. The molecule has 0 amide bonds. The van der Waals surface area contributed by atoms with Crippen molar-refractivity contribution in [1.82, 2.24) is 14.9 Å². The van der Waals surface area contributed by atoms with E-state index in [9.17, 15) is 5.11 Å². The molecule has 0 spiro atoms. The van der Waals surface area contributed by atoms with Crippen LogP contribution in [0.2, 0.25) is 0 Å². The van der Waals surface area contributed by atoms with E-state index in [2.05, 4.69) is 14.9 Å². The van der Waals surface area contributed by atoms with E-state index in [1.807, 2.05) is 24.3 Å². The number of hydrogen-bond acceptors (Lipinski definition) is 5. The number of aromatic nitrogens is 2. The lowest BCUT2D eigenvalue weighted by molar-refractivity contribution is 0.183. The highest BCUT2D eigenvalue weighted by Crippen LogP contribution is 2.18. The zero-order chi connectivity index (χ0) is 15.9. The molecule has 1 aromatic heterocycles. The van der Waals surface area contributed by atoms with E-state index in [4.69, 9.17) is 4.74 Å². The molecule has 0 saturated carbocycles. The van der Waals surface area contributed by atoms with Gasteiger partial charge in [0.2, 0.25) is 0 Å². The van der Waals surface area contributed by atoms with Gasteiger partial charge in [0, 0.05) is 12.1 Å². The highest BCUT2D eigenvalue weighted by molar-refractivity contribution is 5.55. The molecule has 1 N–H and O–H groups in total. The van der Waals surface area contributed by atoms with Gasteiger partial charge in [-0.1, -0.05) is 24.6 Å². The van der Waals surface area contributed by atoms with Crippen LogP contribution in [0.25, 0.3) is 11.4 Å². The molecule has 5 nitrogen and oxygen atoms in total. The van der Waals surface area contributed by atoms with Crippen LogP contribution in [0, 0.1) is 0 Å². The van der Waals surface area contributed by atoms with Crippen molar-refractivity contribution in [3.8, 4) is 17.1 Å². The fourth-order valence-corrected chi connectivity index (χ4v) is 2.82. The summed E-state index contributed by atoms with van der Waals surface area (Å²) in [7, 11) is 0. The molecular weight excluding hydrogens is 290 g/mol. The van der Waals surface area contributed by atoms with Crippen LogP contribution in [0.5, 0.6) is 5.75 Å². The molecule has 2 aromatic rings. The molecule has 0 bridgehead atoms. The molecule has 1 aliphatic heterocycles. The maximum atomic E-state index is 9.19. The number of nitrogens with zero attached hydrogens (tertiary/aromatic N) is 3. The molecule has 122 valence electrons. The minimum absolute atomic E-state index is 0.0194. The predicted molar refractivity (Wildman–Crippen MR) is 89.2 cm³/mol. The average Bonchev–Trinajstić information content (AvgIpc) is 2.63. The van der Waals surface area contributed by atoms with Crippen LogP contribution in [0.15, 0.2) is 36.7 Å². The van der Waals surface area contributed by atoms with Crippen molar-refractivity contribution >= 4 is 0 Å². The van der Waals surface area contributed by atoms with Crippen molar-refractivity contribution in [1.29, 1.82) is 0 Å². The second-order valence-corrected chi connectivity index (χ2v) is 5.85. The molecule has 1 aromatic carbocycles. The van der Waals surface area contributed by atoms with Crippen LogP contribution in [-0.4, -0.2) is 46.2 Å². The fraction of sp³-hybridized carbons (Fsp3) is 0.444. The summed E-state index contributed by atoms with van der Waals surface area (Å²) >= 11 is 0. The van der Waals surface area contributed by atoms with Gasteiger partial charge in [-0.2, -0.15) is 0 Å². The SMILES string of the molecule is OCc1cccc(-c2ncc(OCCN3CCCCC3)cn2)c1. The summed E-state index contributed by atoms with van der Waals surface area (Å²) in [6.45, 7) is 4.01. The number of aliphatic hydroxyl groups excluding tert-OH is 1. The van der Waals surface area contributed by atoms with Gasteiger partial charge < -0.3 is 9.84 Å². The van der Waals surface area contributed by atoms with Gasteiger partial charge in [0.1, 0.15) is 6.61 Å². The summed E-state index contributed by atoms with van der Waals surface area (Å²) in [4.78, 5) is 11.2. The summed E-state index contributed by atoms with van der Waals surface area (Å²) in [6, 6.07) is 7.60. The zero-order valence-electron chi connectivity index (χ0n) is 13.3. The van der Waals surface area contributed by atoms with Crippen molar-refractivity contribution in [2.75, 3.05) is 26.2 Å². The van der Waals surface area contributed by atoms with Gasteiger partial charge in [-0.05, 0) is 37.6 Å². The van der Waals surface area contributed by atoms with Crippen molar-refractivity contribution in [3.05, 3.63) is 42.2 Å². The molecule has 3 rings (SSSR count). The van der Waals surface area contributed by atoms with Crippen LogP contribution >= 0.6 is 0 Å². The Kier molecular flexibility index (Phi) is 5.56. The Morgan fingerprint density at radius 3 is 2.61 bits per heavy atom. The van der Waals surface area contributed by atoms with Gasteiger partial charge in [-0.15, -0.1) is 0 Å². The van der Waals surface area contributed by atoms with E-state index in [1.165, 1.54) is 32.4 Å². The van der Waals surface area contributed by atoms with Gasteiger partial charge in [0.25, 0.3) is 0 Å². The van der Waals surface area contributed by atoms with Crippen molar-refractivity contribution in [2.24, 2.45) is 0 Å². The quantitative estimate of drug-likeness (QED) is 0.888. The predicted octanol–water partition coefficient (Wildman–Crippen LogP) is 2.50. The minimum atomic E-state index is 0.0194. The van der Waals surface area contributed by atoms with Crippen molar-refractivity contribution in [3.63, 3.8) is 0 Å². The van der Waals surface area contributed by atoms with Crippen molar-refractivity contribution < 1.29 is 9.84 Å². The molecule has 0 atom stereocenters. The van der Waals surface area contributed by atoms with Gasteiger partial charge in [-0.25, -0.2) is 9.97 Å². The summed E-state index contributed by atoms with van der Waals surface area (Å²) in [5.74, 6) is 1.34. The third kappa shape index (κ3) is 4.50.